The molecule has 184 valence electrons. The summed E-state index contributed by atoms with van der Waals surface area (Å²) in [5, 5.41) is 2.67. The highest BCUT2D eigenvalue weighted by Gasteiger charge is 2.26. The number of nitrogens with one attached hydrogen (secondary N) is 1. The number of benzene rings is 2. The van der Waals surface area contributed by atoms with E-state index in [2.05, 4.69) is 24.1 Å². The first kappa shape index (κ1) is 25.7. The number of aryl methyl sites for hydroxylation is 1. The Morgan fingerprint density at radius 1 is 1.00 bits per heavy atom. The molecule has 0 saturated carbocycles. The fourth-order valence-corrected chi connectivity index (χ4v) is 5.49. The molecule has 3 rings (SSSR count). The number of rotatable bonds is 9. The van der Waals surface area contributed by atoms with E-state index in [4.69, 9.17) is 4.74 Å². The van der Waals surface area contributed by atoms with Gasteiger partial charge in [0.2, 0.25) is 10.0 Å². The van der Waals surface area contributed by atoms with Crippen LogP contribution < -0.4 is 10.2 Å². The lowest BCUT2D eigenvalue weighted by Gasteiger charge is -2.26. The molecular formula is C25H33N3O5S. The highest BCUT2D eigenvalue weighted by molar-refractivity contribution is 7.89. The van der Waals surface area contributed by atoms with Gasteiger partial charge in [0.05, 0.1) is 10.5 Å². The van der Waals surface area contributed by atoms with E-state index >= 15 is 0 Å². The van der Waals surface area contributed by atoms with Crippen LogP contribution in [0, 0.1) is 6.92 Å². The summed E-state index contributed by atoms with van der Waals surface area (Å²) in [4.78, 5) is 27.1. The molecule has 9 heteroatoms. The molecule has 1 amide bonds. The van der Waals surface area contributed by atoms with Crippen molar-refractivity contribution in [2.45, 2.75) is 44.9 Å². The largest absolute Gasteiger partial charge is 0.452 e. The van der Waals surface area contributed by atoms with Crippen LogP contribution in [0.5, 0.6) is 0 Å². The van der Waals surface area contributed by atoms with Gasteiger partial charge in [-0.25, -0.2) is 13.2 Å². The summed E-state index contributed by atoms with van der Waals surface area (Å²) in [6.45, 7) is 8.15. The second-order valence-corrected chi connectivity index (χ2v) is 10.2. The summed E-state index contributed by atoms with van der Waals surface area (Å²) in [5.74, 6) is -1.14. The lowest BCUT2D eigenvalue weighted by molar-refractivity contribution is -0.119. The van der Waals surface area contributed by atoms with E-state index in [1.807, 2.05) is 12.1 Å². The minimum Gasteiger partial charge on any atom is -0.452 e. The lowest BCUT2D eigenvalue weighted by Crippen LogP contribution is -2.35. The first-order valence-corrected chi connectivity index (χ1v) is 13.1. The highest BCUT2D eigenvalue weighted by atomic mass is 32.2. The molecule has 0 bridgehead atoms. The van der Waals surface area contributed by atoms with E-state index in [1.165, 1.54) is 10.4 Å². The molecule has 1 aliphatic rings. The first-order chi connectivity index (χ1) is 16.3. The van der Waals surface area contributed by atoms with Crippen LogP contribution in [-0.2, 0) is 19.6 Å². The van der Waals surface area contributed by atoms with Crippen LogP contribution in [0.4, 0.5) is 11.4 Å². The molecule has 0 atom stereocenters. The van der Waals surface area contributed by atoms with Gasteiger partial charge in [-0.1, -0.05) is 12.5 Å². The molecule has 0 aliphatic carbocycles. The molecule has 0 unspecified atom stereocenters. The van der Waals surface area contributed by atoms with Crippen molar-refractivity contribution in [1.29, 1.82) is 0 Å². The number of anilines is 2. The molecule has 0 aromatic heterocycles. The van der Waals surface area contributed by atoms with Crippen LogP contribution in [-0.4, -0.2) is 57.4 Å². The maximum atomic E-state index is 13.0. The van der Waals surface area contributed by atoms with Gasteiger partial charge >= 0.3 is 5.97 Å². The SMILES string of the molecule is CCN(CC)c1ccc(C(=O)OCC(=O)Nc2cc(S(=O)(=O)N3CCCCC3)ccc2C)cc1. The second kappa shape index (κ2) is 11.5. The van der Waals surface area contributed by atoms with Crippen molar-refractivity contribution in [1.82, 2.24) is 4.31 Å². The Balaban J connectivity index is 1.61. The monoisotopic (exact) mass is 487 g/mol. The summed E-state index contributed by atoms with van der Waals surface area (Å²) in [6, 6.07) is 11.7. The second-order valence-electron chi connectivity index (χ2n) is 8.28. The van der Waals surface area contributed by atoms with Crippen LogP contribution in [0.3, 0.4) is 0 Å². The summed E-state index contributed by atoms with van der Waals surface area (Å²) in [7, 11) is -3.62. The zero-order chi connectivity index (χ0) is 24.7. The van der Waals surface area contributed by atoms with Crippen LogP contribution in [0.2, 0.25) is 0 Å². The molecule has 2 aromatic rings. The molecule has 1 fully saturated rings. The number of amides is 1. The topological polar surface area (TPSA) is 96.0 Å². The highest BCUT2D eigenvalue weighted by Crippen LogP contribution is 2.25. The average Bonchev–Trinajstić information content (AvgIpc) is 2.85. The summed E-state index contributed by atoms with van der Waals surface area (Å²) < 4.78 is 32.6. The fourth-order valence-electron chi connectivity index (χ4n) is 3.95. The Morgan fingerprint density at radius 3 is 2.26 bits per heavy atom. The number of nitrogens with zero attached hydrogens (tertiary/aromatic N) is 2. The number of ether oxygens (including phenoxy) is 1. The standard InChI is InChI=1S/C25H33N3O5S/c1-4-27(5-2)21-12-10-20(11-13-21)25(30)33-18-24(29)26-23-17-22(14-9-19(23)3)34(31,32)28-15-7-6-8-16-28/h9-14,17H,4-8,15-16,18H2,1-3H3,(H,26,29). The van der Waals surface area contributed by atoms with Gasteiger partial charge in [0, 0.05) is 37.6 Å². The third-order valence-corrected chi connectivity index (χ3v) is 7.90. The van der Waals surface area contributed by atoms with Gasteiger partial charge in [0.25, 0.3) is 5.91 Å². The predicted octanol–water partition coefficient (Wildman–Crippen LogP) is 3.81. The zero-order valence-corrected chi connectivity index (χ0v) is 20.9. The molecule has 8 nitrogen and oxygen atoms in total. The lowest BCUT2D eigenvalue weighted by atomic mass is 10.2. The van der Waals surface area contributed by atoms with Crippen molar-refractivity contribution in [2.75, 3.05) is 43.0 Å². The molecule has 1 aliphatic heterocycles. The molecular weight excluding hydrogens is 454 g/mol. The molecule has 1 heterocycles. The first-order valence-electron chi connectivity index (χ1n) is 11.7. The van der Waals surface area contributed by atoms with Gasteiger partial charge in [0.1, 0.15) is 0 Å². The number of sulfonamides is 1. The van der Waals surface area contributed by atoms with Gasteiger partial charge in [-0.2, -0.15) is 4.31 Å². The Kier molecular flexibility index (Phi) is 8.68. The van der Waals surface area contributed by atoms with Crippen molar-refractivity contribution >= 4 is 33.3 Å². The van der Waals surface area contributed by atoms with Crippen LogP contribution in [0.25, 0.3) is 0 Å². The average molecular weight is 488 g/mol. The van der Waals surface area contributed by atoms with Crippen molar-refractivity contribution in [3.63, 3.8) is 0 Å². The number of piperidine rings is 1. The minimum absolute atomic E-state index is 0.139. The molecule has 2 aromatic carbocycles. The number of hydrogen-bond donors (Lipinski definition) is 1. The van der Waals surface area contributed by atoms with Crippen molar-refractivity contribution in [3.8, 4) is 0 Å². The normalized spacial score (nSPS) is 14.4. The van der Waals surface area contributed by atoms with Crippen LogP contribution in [0.1, 0.15) is 49.0 Å². The summed E-state index contributed by atoms with van der Waals surface area (Å²) >= 11 is 0. The molecule has 34 heavy (non-hydrogen) atoms. The molecule has 1 N–H and O–H groups in total. The van der Waals surface area contributed by atoms with Gasteiger partial charge in [-0.3, -0.25) is 4.79 Å². The van der Waals surface area contributed by atoms with Crippen LogP contribution >= 0.6 is 0 Å². The minimum atomic E-state index is -3.62. The maximum Gasteiger partial charge on any atom is 0.338 e. The zero-order valence-electron chi connectivity index (χ0n) is 20.0. The molecule has 1 saturated heterocycles. The van der Waals surface area contributed by atoms with Gasteiger partial charge in [-0.05, 0) is 75.6 Å². The Hall–Kier alpha value is -2.91. The molecule has 0 radical (unpaired) electrons. The number of carbonyl (C=O) groups excluding carboxylic acids is 2. The van der Waals surface area contributed by atoms with E-state index in [1.54, 1.807) is 31.2 Å². The number of hydrogen-bond acceptors (Lipinski definition) is 6. The van der Waals surface area contributed by atoms with Crippen molar-refractivity contribution < 1.29 is 22.7 Å². The van der Waals surface area contributed by atoms with Crippen molar-refractivity contribution in [2.24, 2.45) is 0 Å². The van der Waals surface area contributed by atoms with E-state index in [9.17, 15) is 18.0 Å². The number of carbonyl (C=O) groups is 2. The predicted molar refractivity (Wildman–Crippen MR) is 133 cm³/mol. The van der Waals surface area contributed by atoms with E-state index < -0.39 is 28.5 Å². The number of esters is 1. The molecule has 0 spiro atoms. The van der Waals surface area contributed by atoms with E-state index in [0.29, 0.717) is 29.9 Å². The fraction of sp³-hybridized carbons (Fsp3) is 0.440. The Morgan fingerprint density at radius 2 is 1.65 bits per heavy atom. The van der Waals surface area contributed by atoms with E-state index in [0.717, 1.165) is 38.0 Å². The van der Waals surface area contributed by atoms with Gasteiger partial charge in [0.15, 0.2) is 6.61 Å². The smallest absolute Gasteiger partial charge is 0.338 e. The summed E-state index contributed by atoms with van der Waals surface area (Å²) in [5.41, 5.74) is 2.45. The van der Waals surface area contributed by atoms with Crippen LogP contribution in [0.15, 0.2) is 47.4 Å². The third-order valence-electron chi connectivity index (χ3n) is 6.00. The van der Waals surface area contributed by atoms with E-state index in [-0.39, 0.29) is 4.90 Å². The Bertz CT molecular complexity index is 1110. The van der Waals surface area contributed by atoms with Crippen molar-refractivity contribution in [3.05, 3.63) is 53.6 Å². The summed E-state index contributed by atoms with van der Waals surface area (Å²) in [6.07, 6.45) is 2.72. The maximum absolute atomic E-state index is 13.0. The Labute approximate surface area is 201 Å². The van der Waals surface area contributed by atoms with Gasteiger partial charge in [-0.15, -0.1) is 0 Å². The quantitative estimate of drug-likeness (QED) is 0.541. The van der Waals surface area contributed by atoms with Gasteiger partial charge < -0.3 is 15.0 Å². The third kappa shape index (κ3) is 6.15.